The molecule has 1 saturated heterocycles. The molecular weight excluding hydrogens is 358 g/mol. The van der Waals surface area contributed by atoms with Crippen LogP contribution in [0.4, 0.5) is 17.1 Å². The Morgan fingerprint density at radius 1 is 1.11 bits per heavy atom. The third-order valence-corrected chi connectivity index (χ3v) is 4.46. The average molecular weight is 383 g/mol. The van der Waals surface area contributed by atoms with E-state index in [1.807, 2.05) is 49.3 Å². The summed E-state index contributed by atoms with van der Waals surface area (Å²) >= 11 is 0. The highest BCUT2D eigenvalue weighted by atomic mass is 16.5. The molecule has 0 aromatic heterocycles. The first-order chi connectivity index (χ1) is 13.5. The van der Waals surface area contributed by atoms with Gasteiger partial charge in [0.2, 0.25) is 0 Å². The third kappa shape index (κ3) is 5.23. The zero-order valence-electron chi connectivity index (χ0n) is 16.2. The molecule has 7 nitrogen and oxygen atoms in total. The number of ether oxygens (including phenoxy) is 2. The number of morpholine rings is 1. The van der Waals surface area contributed by atoms with Crippen LogP contribution < -0.4 is 15.1 Å². The van der Waals surface area contributed by atoms with E-state index in [0.29, 0.717) is 11.3 Å². The molecular formula is C21H25N3O4. The highest BCUT2D eigenvalue weighted by Crippen LogP contribution is 2.19. The van der Waals surface area contributed by atoms with Crippen molar-refractivity contribution >= 4 is 28.9 Å². The summed E-state index contributed by atoms with van der Waals surface area (Å²) in [5.74, 6) is -0.905. The van der Waals surface area contributed by atoms with E-state index in [1.165, 1.54) is 0 Å². The monoisotopic (exact) mass is 383 g/mol. The molecule has 28 heavy (non-hydrogen) atoms. The zero-order chi connectivity index (χ0) is 19.9. The lowest BCUT2D eigenvalue weighted by atomic mass is 10.2. The average Bonchev–Trinajstić information content (AvgIpc) is 2.73. The third-order valence-electron chi connectivity index (χ3n) is 4.46. The lowest BCUT2D eigenvalue weighted by Gasteiger charge is -2.28. The smallest absolute Gasteiger partial charge is 0.338 e. The lowest BCUT2D eigenvalue weighted by molar-refractivity contribution is -0.119. The van der Waals surface area contributed by atoms with Crippen LogP contribution in [0, 0.1) is 0 Å². The van der Waals surface area contributed by atoms with Crippen molar-refractivity contribution in [3.05, 3.63) is 54.1 Å². The molecule has 0 unspecified atom stereocenters. The Morgan fingerprint density at radius 3 is 2.50 bits per heavy atom. The predicted octanol–water partition coefficient (Wildman–Crippen LogP) is 2.38. The van der Waals surface area contributed by atoms with Gasteiger partial charge in [-0.15, -0.1) is 0 Å². The van der Waals surface area contributed by atoms with E-state index in [1.54, 1.807) is 18.2 Å². The van der Waals surface area contributed by atoms with Crippen molar-refractivity contribution in [3.8, 4) is 0 Å². The quantitative estimate of drug-likeness (QED) is 0.773. The zero-order valence-corrected chi connectivity index (χ0v) is 16.2. The molecule has 1 aliphatic rings. The van der Waals surface area contributed by atoms with Gasteiger partial charge < -0.3 is 24.6 Å². The van der Waals surface area contributed by atoms with Crippen LogP contribution in [-0.2, 0) is 14.3 Å². The number of carbonyl (C=O) groups is 2. The summed E-state index contributed by atoms with van der Waals surface area (Å²) in [7, 11) is 3.78. The first kappa shape index (κ1) is 19.7. The van der Waals surface area contributed by atoms with Crippen molar-refractivity contribution in [2.75, 3.05) is 62.1 Å². The summed E-state index contributed by atoms with van der Waals surface area (Å²) in [6.07, 6.45) is 0. The first-order valence-electron chi connectivity index (χ1n) is 9.20. The molecule has 2 aromatic rings. The van der Waals surface area contributed by atoms with Gasteiger partial charge in [-0.25, -0.2) is 4.79 Å². The van der Waals surface area contributed by atoms with Crippen LogP contribution in [0.15, 0.2) is 48.5 Å². The van der Waals surface area contributed by atoms with E-state index >= 15 is 0 Å². The Balaban J connectivity index is 1.50. The van der Waals surface area contributed by atoms with Gasteiger partial charge in [0.05, 0.1) is 18.8 Å². The molecule has 0 bridgehead atoms. The fourth-order valence-corrected chi connectivity index (χ4v) is 2.90. The minimum atomic E-state index is -0.526. The summed E-state index contributed by atoms with van der Waals surface area (Å²) in [5.41, 5.74) is 3.05. The number of anilines is 3. The Kier molecular flexibility index (Phi) is 6.49. The van der Waals surface area contributed by atoms with Crippen LogP contribution in [0.25, 0.3) is 0 Å². The molecule has 0 radical (unpaired) electrons. The standard InChI is InChI=1S/C21H25N3O4/c1-23(2)19-5-3-4-16(14-19)21(26)28-15-20(25)22-17-6-8-18(9-7-17)24-10-12-27-13-11-24/h3-9,14H,10-13,15H2,1-2H3,(H,22,25). The number of hydrogen-bond donors (Lipinski definition) is 1. The van der Waals surface area contributed by atoms with Crippen molar-refractivity contribution in [1.82, 2.24) is 0 Å². The molecule has 0 aliphatic carbocycles. The number of rotatable bonds is 6. The molecule has 1 N–H and O–H groups in total. The summed E-state index contributed by atoms with van der Waals surface area (Å²) in [6, 6.07) is 14.7. The molecule has 0 spiro atoms. The van der Waals surface area contributed by atoms with Crippen molar-refractivity contribution in [3.63, 3.8) is 0 Å². The Hall–Kier alpha value is -3.06. The normalized spacial score (nSPS) is 13.7. The maximum absolute atomic E-state index is 12.2. The Labute approximate surface area is 164 Å². The number of benzene rings is 2. The van der Waals surface area contributed by atoms with Crippen molar-refractivity contribution in [2.24, 2.45) is 0 Å². The number of esters is 1. The Bertz CT molecular complexity index is 815. The molecule has 148 valence electrons. The fraction of sp³-hybridized carbons (Fsp3) is 0.333. The van der Waals surface area contributed by atoms with E-state index in [0.717, 1.165) is 37.7 Å². The van der Waals surface area contributed by atoms with E-state index in [9.17, 15) is 9.59 Å². The van der Waals surface area contributed by atoms with Crippen molar-refractivity contribution in [2.45, 2.75) is 0 Å². The van der Waals surface area contributed by atoms with Crippen LogP contribution in [-0.4, -0.2) is 58.9 Å². The van der Waals surface area contributed by atoms with Crippen LogP contribution in [0.1, 0.15) is 10.4 Å². The minimum Gasteiger partial charge on any atom is -0.452 e. The highest BCUT2D eigenvalue weighted by molar-refractivity contribution is 5.96. The maximum atomic E-state index is 12.2. The Morgan fingerprint density at radius 2 is 1.82 bits per heavy atom. The summed E-state index contributed by atoms with van der Waals surface area (Å²) in [6.45, 7) is 2.83. The van der Waals surface area contributed by atoms with E-state index in [4.69, 9.17) is 9.47 Å². The molecule has 0 saturated carbocycles. The second-order valence-electron chi connectivity index (χ2n) is 6.72. The van der Waals surface area contributed by atoms with Gasteiger partial charge in [0, 0.05) is 44.2 Å². The van der Waals surface area contributed by atoms with Gasteiger partial charge in [-0.2, -0.15) is 0 Å². The molecule has 7 heteroatoms. The number of hydrogen-bond acceptors (Lipinski definition) is 6. The van der Waals surface area contributed by atoms with Crippen LogP contribution in [0.2, 0.25) is 0 Å². The van der Waals surface area contributed by atoms with Gasteiger partial charge in [-0.3, -0.25) is 4.79 Å². The largest absolute Gasteiger partial charge is 0.452 e. The van der Waals surface area contributed by atoms with E-state index in [2.05, 4.69) is 10.2 Å². The van der Waals surface area contributed by atoms with E-state index < -0.39 is 5.97 Å². The molecule has 1 aliphatic heterocycles. The SMILES string of the molecule is CN(C)c1cccc(C(=O)OCC(=O)Nc2ccc(N3CCOCC3)cc2)c1. The highest BCUT2D eigenvalue weighted by Gasteiger charge is 2.13. The summed E-state index contributed by atoms with van der Waals surface area (Å²) in [4.78, 5) is 28.4. The fourth-order valence-electron chi connectivity index (χ4n) is 2.90. The van der Waals surface area contributed by atoms with Crippen LogP contribution in [0.5, 0.6) is 0 Å². The summed E-state index contributed by atoms with van der Waals surface area (Å²) in [5, 5.41) is 2.74. The maximum Gasteiger partial charge on any atom is 0.338 e. The predicted molar refractivity (Wildman–Crippen MR) is 109 cm³/mol. The molecule has 1 amide bonds. The minimum absolute atomic E-state index is 0.337. The second kappa shape index (κ2) is 9.23. The van der Waals surface area contributed by atoms with Gasteiger partial charge in [0.1, 0.15) is 0 Å². The number of nitrogens with one attached hydrogen (secondary N) is 1. The van der Waals surface area contributed by atoms with Gasteiger partial charge in [-0.1, -0.05) is 6.07 Å². The lowest BCUT2D eigenvalue weighted by Crippen LogP contribution is -2.36. The van der Waals surface area contributed by atoms with Crippen LogP contribution in [0.3, 0.4) is 0 Å². The van der Waals surface area contributed by atoms with Gasteiger partial charge >= 0.3 is 5.97 Å². The summed E-state index contributed by atoms with van der Waals surface area (Å²) < 4.78 is 10.5. The van der Waals surface area contributed by atoms with Gasteiger partial charge in [-0.05, 0) is 42.5 Å². The molecule has 0 atom stereocenters. The number of carbonyl (C=O) groups excluding carboxylic acids is 2. The van der Waals surface area contributed by atoms with E-state index in [-0.39, 0.29) is 12.5 Å². The van der Waals surface area contributed by atoms with Crippen molar-refractivity contribution < 1.29 is 19.1 Å². The van der Waals surface area contributed by atoms with Crippen LogP contribution >= 0.6 is 0 Å². The number of amides is 1. The topological polar surface area (TPSA) is 71.1 Å². The second-order valence-corrected chi connectivity index (χ2v) is 6.72. The number of nitrogens with zero attached hydrogens (tertiary/aromatic N) is 2. The molecule has 3 rings (SSSR count). The van der Waals surface area contributed by atoms with Crippen molar-refractivity contribution in [1.29, 1.82) is 0 Å². The molecule has 2 aromatic carbocycles. The molecule has 1 heterocycles. The van der Waals surface area contributed by atoms with Gasteiger partial charge in [0.15, 0.2) is 6.61 Å². The molecule has 1 fully saturated rings. The van der Waals surface area contributed by atoms with Gasteiger partial charge in [0.25, 0.3) is 5.91 Å². The first-order valence-corrected chi connectivity index (χ1v) is 9.20.